The second-order valence-electron chi connectivity index (χ2n) is 6.11. The Labute approximate surface area is 156 Å². The number of rotatable bonds is 5. The van der Waals surface area contributed by atoms with Gasteiger partial charge in [0, 0.05) is 18.7 Å². The summed E-state index contributed by atoms with van der Waals surface area (Å²) in [5.74, 6) is -2.30. The van der Waals surface area contributed by atoms with Gasteiger partial charge in [-0.25, -0.2) is 17.6 Å². The van der Waals surface area contributed by atoms with Gasteiger partial charge in [0.25, 0.3) is 10.0 Å². The first-order valence-electron chi connectivity index (χ1n) is 8.27. The monoisotopic (exact) mass is 394 g/mol. The molecule has 7 nitrogen and oxygen atoms in total. The third-order valence-corrected chi connectivity index (χ3v) is 5.82. The molecule has 1 aliphatic heterocycles. The molecule has 2 N–H and O–H groups in total. The summed E-state index contributed by atoms with van der Waals surface area (Å²) in [7, 11) is -4.19. The molecule has 3 rings (SSSR count). The Bertz CT molecular complexity index is 972. The zero-order chi connectivity index (χ0) is 19.6. The van der Waals surface area contributed by atoms with Crippen molar-refractivity contribution in [2.75, 3.05) is 35.9 Å². The van der Waals surface area contributed by atoms with Crippen molar-refractivity contribution in [3.63, 3.8) is 0 Å². The van der Waals surface area contributed by atoms with E-state index in [0.29, 0.717) is 37.7 Å². The van der Waals surface area contributed by atoms with Crippen LogP contribution in [-0.4, -0.2) is 45.8 Å². The molecule has 144 valence electrons. The summed E-state index contributed by atoms with van der Waals surface area (Å²) in [4.78, 5) is 12.7. The summed E-state index contributed by atoms with van der Waals surface area (Å²) < 4.78 is 47.6. The minimum Gasteiger partial charge on any atom is -0.478 e. The van der Waals surface area contributed by atoms with Gasteiger partial charge in [-0.15, -0.1) is 0 Å². The molecule has 2 aromatic carbocycles. The highest BCUT2D eigenvalue weighted by Crippen LogP contribution is 2.30. The van der Waals surface area contributed by atoms with Gasteiger partial charge in [-0.2, -0.15) is 0 Å². The normalized spacial score (nSPS) is 14.8. The number of anilines is 2. The number of nitrogens with one attached hydrogen (secondary N) is 1. The summed E-state index contributed by atoms with van der Waals surface area (Å²) in [6, 6.07) is 8.62. The number of carboxylic acid groups (broad SMARTS) is 1. The van der Waals surface area contributed by atoms with Crippen LogP contribution in [0.4, 0.5) is 15.8 Å². The Morgan fingerprint density at radius 3 is 2.56 bits per heavy atom. The second-order valence-corrected chi connectivity index (χ2v) is 7.76. The van der Waals surface area contributed by atoms with Crippen molar-refractivity contribution >= 4 is 27.4 Å². The molecule has 1 fully saturated rings. The Kier molecular flexibility index (Phi) is 5.33. The van der Waals surface area contributed by atoms with Crippen LogP contribution in [-0.2, 0) is 14.8 Å². The first-order valence-corrected chi connectivity index (χ1v) is 9.76. The van der Waals surface area contributed by atoms with Gasteiger partial charge in [0.2, 0.25) is 0 Å². The van der Waals surface area contributed by atoms with E-state index in [1.807, 2.05) is 4.90 Å². The number of carbonyl (C=O) groups is 1. The highest BCUT2D eigenvalue weighted by atomic mass is 32.2. The number of morpholine rings is 1. The number of para-hydroxylation sites is 2. The van der Waals surface area contributed by atoms with Gasteiger partial charge in [-0.3, -0.25) is 4.72 Å². The Balaban J connectivity index is 2.00. The molecule has 2 aromatic rings. The number of ether oxygens (including phenoxy) is 1. The fourth-order valence-corrected chi connectivity index (χ4v) is 4.25. The molecular weight excluding hydrogens is 375 g/mol. The summed E-state index contributed by atoms with van der Waals surface area (Å²) in [6.45, 7) is 3.59. The molecule has 0 bridgehead atoms. The van der Waals surface area contributed by atoms with Crippen molar-refractivity contribution in [2.45, 2.75) is 11.8 Å². The van der Waals surface area contributed by atoms with E-state index in [-0.39, 0.29) is 5.56 Å². The molecule has 1 aliphatic rings. The number of halogens is 1. The van der Waals surface area contributed by atoms with E-state index < -0.39 is 32.3 Å². The number of aromatic carboxylic acids is 1. The zero-order valence-electron chi connectivity index (χ0n) is 14.6. The molecular formula is C18H19FN2O5S. The SMILES string of the molecule is Cc1c(F)cc(C(=O)O)cc1S(=O)(=O)Nc1ccccc1N1CCOCC1. The number of benzene rings is 2. The number of sulfonamides is 1. The van der Waals surface area contributed by atoms with E-state index >= 15 is 0 Å². The predicted molar refractivity (Wildman–Crippen MR) is 98.4 cm³/mol. The highest BCUT2D eigenvalue weighted by Gasteiger charge is 2.24. The maximum atomic E-state index is 14.1. The molecule has 0 saturated carbocycles. The van der Waals surface area contributed by atoms with Crippen molar-refractivity contribution < 1.29 is 27.4 Å². The minimum atomic E-state index is -4.19. The van der Waals surface area contributed by atoms with E-state index in [1.165, 1.54) is 6.92 Å². The molecule has 0 aliphatic carbocycles. The van der Waals surface area contributed by atoms with Gasteiger partial charge in [0.15, 0.2) is 0 Å². The Morgan fingerprint density at radius 1 is 1.22 bits per heavy atom. The van der Waals surface area contributed by atoms with Gasteiger partial charge in [-0.1, -0.05) is 12.1 Å². The lowest BCUT2D eigenvalue weighted by Crippen LogP contribution is -2.36. The Morgan fingerprint density at radius 2 is 1.89 bits per heavy atom. The van der Waals surface area contributed by atoms with Gasteiger partial charge in [0.1, 0.15) is 5.82 Å². The number of nitrogens with zero attached hydrogens (tertiary/aromatic N) is 1. The van der Waals surface area contributed by atoms with E-state index in [4.69, 9.17) is 9.84 Å². The molecule has 0 spiro atoms. The third-order valence-electron chi connectivity index (χ3n) is 4.33. The van der Waals surface area contributed by atoms with Crippen LogP contribution < -0.4 is 9.62 Å². The van der Waals surface area contributed by atoms with Crippen LogP contribution in [0.1, 0.15) is 15.9 Å². The molecule has 0 amide bonds. The fourth-order valence-electron chi connectivity index (χ4n) is 2.90. The van der Waals surface area contributed by atoms with E-state index in [2.05, 4.69) is 4.72 Å². The van der Waals surface area contributed by atoms with E-state index in [0.717, 1.165) is 12.1 Å². The van der Waals surface area contributed by atoms with Crippen molar-refractivity contribution in [1.82, 2.24) is 0 Å². The number of hydrogen-bond donors (Lipinski definition) is 2. The number of carboxylic acids is 1. The molecule has 0 unspecified atom stereocenters. The first-order chi connectivity index (χ1) is 12.8. The zero-order valence-corrected chi connectivity index (χ0v) is 15.4. The average molecular weight is 394 g/mol. The van der Waals surface area contributed by atoms with Crippen LogP contribution in [0.2, 0.25) is 0 Å². The van der Waals surface area contributed by atoms with E-state index in [1.54, 1.807) is 24.3 Å². The van der Waals surface area contributed by atoms with Gasteiger partial charge in [-0.05, 0) is 31.2 Å². The smallest absolute Gasteiger partial charge is 0.335 e. The van der Waals surface area contributed by atoms with Crippen molar-refractivity contribution in [1.29, 1.82) is 0 Å². The van der Waals surface area contributed by atoms with Crippen LogP contribution >= 0.6 is 0 Å². The maximum Gasteiger partial charge on any atom is 0.335 e. The summed E-state index contributed by atoms with van der Waals surface area (Å²) in [5, 5.41) is 9.09. The average Bonchev–Trinajstić information content (AvgIpc) is 2.64. The van der Waals surface area contributed by atoms with Crippen molar-refractivity contribution in [3.05, 3.63) is 53.3 Å². The van der Waals surface area contributed by atoms with Crippen molar-refractivity contribution in [3.8, 4) is 0 Å². The molecule has 0 atom stereocenters. The standard InChI is InChI=1S/C18H19FN2O5S/c1-12-14(19)10-13(18(22)23)11-17(12)27(24,25)20-15-4-2-3-5-16(15)21-6-8-26-9-7-21/h2-5,10-11,20H,6-9H2,1H3,(H,22,23). The molecule has 1 heterocycles. The lowest BCUT2D eigenvalue weighted by molar-refractivity contribution is 0.0696. The summed E-state index contributed by atoms with van der Waals surface area (Å²) >= 11 is 0. The largest absolute Gasteiger partial charge is 0.478 e. The molecule has 9 heteroatoms. The quantitative estimate of drug-likeness (QED) is 0.809. The molecule has 27 heavy (non-hydrogen) atoms. The highest BCUT2D eigenvalue weighted by molar-refractivity contribution is 7.92. The third kappa shape index (κ3) is 4.04. The minimum absolute atomic E-state index is 0.142. The van der Waals surface area contributed by atoms with Crippen LogP contribution in [0, 0.1) is 12.7 Å². The number of hydrogen-bond acceptors (Lipinski definition) is 5. The fraction of sp³-hybridized carbons (Fsp3) is 0.278. The lowest BCUT2D eigenvalue weighted by atomic mass is 10.1. The summed E-state index contributed by atoms with van der Waals surface area (Å²) in [5.41, 5.74) is 0.438. The second kappa shape index (κ2) is 7.53. The van der Waals surface area contributed by atoms with Crippen LogP contribution in [0.5, 0.6) is 0 Å². The van der Waals surface area contributed by atoms with Crippen LogP contribution in [0.3, 0.4) is 0 Å². The Hall–Kier alpha value is -2.65. The van der Waals surface area contributed by atoms with Crippen LogP contribution in [0.15, 0.2) is 41.3 Å². The van der Waals surface area contributed by atoms with Crippen LogP contribution in [0.25, 0.3) is 0 Å². The van der Waals surface area contributed by atoms with Gasteiger partial charge < -0.3 is 14.7 Å². The molecule has 0 radical (unpaired) electrons. The maximum absolute atomic E-state index is 14.1. The topological polar surface area (TPSA) is 95.9 Å². The van der Waals surface area contributed by atoms with Gasteiger partial charge in [0.05, 0.1) is 35.0 Å². The molecule has 0 aromatic heterocycles. The van der Waals surface area contributed by atoms with Gasteiger partial charge >= 0.3 is 5.97 Å². The summed E-state index contributed by atoms with van der Waals surface area (Å²) in [6.07, 6.45) is 0. The van der Waals surface area contributed by atoms with Crippen molar-refractivity contribution in [2.24, 2.45) is 0 Å². The molecule has 1 saturated heterocycles. The first kappa shape index (κ1) is 19.1. The predicted octanol–water partition coefficient (Wildman–Crippen LogP) is 2.47. The van der Waals surface area contributed by atoms with E-state index in [9.17, 15) is 17.6 Å². The lowest BCUT2D eigenvalue weighted by Gasteiger charge is -2.30.